The Bertz CT molecular complexity index is 1990. The van der Waals surface area contributed by atoms with Crippen LogP contribution in [0.25, 0.3) is 17.0 Å². The van der Waals surface area contributed by atoms with Gasteiger partial charge in [0.15, 0.2) is 11.5 Å². The minimum absolute atomic E-state index is 0.0550. The number of carbonyl (C=O) groups excluding carboxylic acids is 1. The minimum atomic E-state index is -0.616. The van der Waals surface area contributed by atoms with Crippen molar-refractivity contribution < 1.29 is 4.79 Å². The summed E-state index contributed by atoms with van der Waals surface area (Å²) in [5.74, 6) is 5.63. The summed E-state index contributed by atoms with van der Waals surface area (Å²) in [5.41, 5.74) is 8.84. The lowest BCUT2D eigenvalue weighted by Gasteiger charge is -2.20. The van der Waals surface area contributed by atoms with Gasteiger partial charge >= 0.3 is 5.69 Å². The second kappa shape index (κ2) is 9.31. The summed E-state index contributed by atoms with van der Waals surface area (Å²) in [6.07, 6.45) is 8.20. The quantitative estimate of drug-likeness (QED) is 0.339. The number of aromatic nitrogens is 8. The Morgan fingerprint density at radius 2 is 1.92 bits per heavy atom. The van der Waals surface area contributed by atoms with Gasteiger partial charge in [0.25, 0.3) is 5.91 Å². The van der Waals surface area contributed by atoms with E-state index in [0.717, 1.165) is 0 Å². The highest BCUT2D eigenvalue weighted by Crippen LogP contribution is 2.21. The smallest absolute Gasteiger partial charge is 0.339 e. The fourth-order valence-corrected chi connectivity index (χ4v) is 4.41. The number of fused-ring (bicyclic) bond motifs is 2. The molecule has 12 nitrogen and oxygen atoms in total. The molecule has 0 bridgehead atoms. The average molecular weight is 519 g/mol. The molecule has 0 fully saturated rings. The summed E-state index contributed by atoms with van der Waals surface area (Å²) in [6.45, 7) is 1.78. The lowest BCUT2D eigenvalue weighted by Crippen LogP contribution is -2.34. The first-order valence-electron chi connectivity index (χ1n) is 12.0. The number of para-hydroxylation sites is 1. The third kappa shape index (κ3) is 4.17. The molecule has 5 heterocycles. The fourth-order valence-electron chi connectivity index (χ4n) is 4.41. The largest absolute Gasteiger partial charge is 0.381 e. The number of benzene rings is 1. The number of hydrogen-bond donors (Lipinski definition) is 2. The van der Waals surface area contributed by atoms with E-state index < -0.39 is 11.9 Å². The van der Waals surface area contributed by atoms with E-state index in [1.54, 1.807) is 61.8 Å². The Balaban J connectivity index is 1.45. The Kier molecular flexibility index (Phi) is 5.65. The number of nitrogens with zero attached hydrogens (tertiary/aromatic N) is 8. The first-order valence-corrected chi connectivity index (χ1v) is 12.0. The molecule has 0 spiro atoms. The summed E-state index contributed by atoms with van der Waals surface area (Å²) in [7, 11) is 1.81. The van der Waals surface area contributed by atoms with Gasteiger partial charge < -0.3 is 11.1 Å². The molecule has 6 rings (SSSR count). The summed E-state index contributed by atoms with van der Waals surface area (Å²) >= 11 is 0. The lowest BCUT2D eigenvalue weighted by molar-refractivity contribution is 0.0941. The maximum Gasteiger partial charge on any atom is 0.339 e. The SMILES string of the molecule is C[C@H](NC(=O)c1c(N)nn2cccnc12)c1cc2ncc(C#Cc3cnn(C)c3)n2c(=O)n1-c1ccccc1. The average Bonchev–Trinajstić information content (AvgIpc) is 3.63. The van der Waals surface area contributed by atoms with Crippen molar-refractivity contribution in [2.75, 3.05) is 5.73 Å². The van der Waals surface area contributed by atoms with Gasteiger partial charge in [-0.15, -0.1) is 5.10 Å². The van der Waals surface area contributed by atoms with E-state index in [9.17, 15) is 9.59 Å². The molecule has 0 radical (unpaired) electrons. The van der Waals surface area contributed by atoms with Crippen molar-refractivity contribution in [3.63, 3.8) is 0 Å². The van der Waals surface area contributed by atoms with Crippen LogP contribution >= 0.6 is 0 Å². The summed E-state index contributed by atoms with van der Waals surface area (Å²) < 4.78 is 6.08. The van der Waals surface area contributed by atoms with Crippen LogP contribution in [0.5, 0.6) is 0 Å². The molecule has 192 valence electrons. The van der Waals surface area contributed by atoms with Crippen molar-refractivity contribution in [2.24, 2.45) is 7.05 Å². The molecule has 0 saturated carbocycles. The monoisotopic (exact) mass is 518 g/mol. The van der Waals surface area contributed by atoms with Crippen LogP contribution in [0.1, 0.15) is 40.3 Å². The van der Waals surface area contributed by atoms with E-state index in [0.29, 0.717) is 33.9 Å². The fraction of sp³-hybridized carbons (Fsp3) is 0.111. The van der Waals surface area contributed by atoms with Crippen LogP contribution in [-0.4, -0.2) is 44.2 Å². The molecule has 6 aromatic rings. The van der Waals surface area contributed by atoms with E-state index in [1.807, 2.05) is 30.3 Å². The molecule has 0 aliphatic rings. The molecule has 1 aromatic carbocycles. The number of imidazole rings is 1. The van der Waals surface area contributed by atoms with Gasteiger partial charge in [-0.05, 0) is 31.0 Å². The van der Waals surface area contributed by atoms with Gasteiger partial charge in [0.2, 0.25) is 0 Å². The second-order valence-corrected chi connectivity index (χ2v) is 8.86. The van der Waals surface area contributed by atoms with Gasteiger partial charge in [0, 0.05) is 31.7 Å². The van der Waals surface area contributed by atoms with Crippen LogP contribution in [0.3, 0.4) is 0 Å². The van der Waals surface area contributed by atoms with Gasteiger partial charge in [-0.2, -0.15) is 5.10 Å². The van der Waals surface area contributed by atoms with Crippen molar-refractivity contribution in [3.05, 3.63) is 106 Å². The predicted molar refractivity (Wildman–Crippen MR) is 143 cm³/mol. The molecule has 0 aliphatic heterocycles. The maximum atomic E-state index is 13.9. The zero-order valence-electron chi connectivity index (χ0n) is 21.0. The number of aryl methyl sites for hydroxylation is 1. The standard InChI is InChI=1S/C27H22N10O2/c1-17(32-26(38)23-24(28)33-35-12-6-11-29-25(23)35)21-13-22-30-15-20(10-9-18-14-31-34(2)16-18)37(22)27(39)36(21)19-7-4-3-5-8-19/h3-8,11-17H,1-2H3,(H2,28,33)(H,32,38)/t17-/m0/s1. The van der Waals surface area contributed by atoms with Crippen LogP contribution in [0.4, 0.5) is 5.82 Å². The van der Waals surface area contributed by atoms with E-state index >= 15 is 0 Å². The van der Waals surface area contributed by atoms with Gasteiger partial charge in [0.05, 0.1) is 35.4 Å². The third-order valence-corrected chi connectivity index (χ3v) is 6.20. The van der Waals surface area contributed by atoms with Gasteiger partial charge in [-0.25, -0.2) is 23.7 Å². The zero-order chi connectivity index (χ0) is 27.1. The van der Waals surface area contributed by atoms with E-state index in [2.05, 4.69) is 37.3 Å². The molecule has 1 amide bonds. The molecule has 12 heteroatoms. The van der Waals surface area contributed by atoms with Crippen LogP contribution in [0.15, 0.2) is 78.2 Å². The molecule has 39 heavy (non-hydrogen) atoms. The highest BCUT2D eigenvalue weighted by Gasteiger charge is 2.24. The van der Waals surface area contributed by atoms with E-state index in [-0.39, 0.29) is 17.1 Å². The highest BCUT2D eigenvalue weighted by atomic mass is 16.2. The van der Waals surface area contributed by atoms with Crippen LogP contribution in [-0.2, 0) is 7.05 Å². The number of carbonyl (C=O) groups is 1. The van der Waals surface area contributed by atoms with Gasteiger partial charge in [0.1, 0.15) is 16.9 Å². The summed E-state index contributed by atoms with van der Waals surface area (Å²) in [6, 6.07) is 12.0. The van der Waals surface area contributed by atoms with Crippen LogP contribution < -0.4 is 16.7 Å². The Morgan fingerprint density at radius 3 is 2.69 bits per heavy atom. The molecular weight excluding hydrogens is 496 g/mol. The van der Waals surface area contributed by atoms with E-state index in [1.165, 1.54) is 13.5 Å². The van der Waals surface area contributed by atoms with Crippen LogP contribution in [0, 0.1) is 11.8 Å². The van der Waals surface area contributed by atoms with Crippen molar-refractivity contribution in [1.29, 1.82) is 0 Å². The topological polar surface area (TPSA) is 142 Å². The molecule has 0 aliphatic carbocycles. The number of hydrogen-bond acceptors (Lipinski definition) is 7. The first-order chi connectivity index (χ1) is 18.9. The van der Waals surface area contributed by atoms with Crippen molar-refractivity contribution in [2.45, 2.75) is 13.0 Å². The molecule has 0 unspecified atom stereocenters. The highest BCUT2D eigenvalue weighted by molar-refractivity contribution is 6.04. The van der Waals surface area contributed by atoms with Crippen molar-refractivity contribution >= 4 is 23.0 Å². The van der Waals surface area contributed by atoms with Gasteiger partial charge in [-0.3, -0.25) is 14.0 Å². The second-order valence-electron chi connectivity index (χ2n) is 8.86. The first kappa shape index (κ1) is 23.7. The molecule has 5 aromatic heterocycles. The molecular formula is C27H22N10O2. The summed E-state index contributed by atoms with van der Waals surface area (Å²) in [5, 5.41) is 11.2. The number of amides is 1. The molecule has 3 N–H and O–H groups in total. The number of rotatable bonds is 4. The Labute approximate surface area is 221 Å². The maximum absolute atomic E-state index is 13.9. The minimum Gasteiger partial charge on any atom is -0.381 e. The Morgan fingerprint density at radius 1 is 1.10 bits per heavy atom. The lowest BCUT2D eigenvalue weighted by atomic mass is 10.1. The summed E-state index contributed by atoms with van der Waals surface area (Å²) in [4.78, 5) is 35.9. The molecule has 1 atom stereocenters. The number of nitrogens with one attached hydrogen (secondary N) is 1. The Hall–Kier alpha value is -5.70. The van der Waals surface area contributed by atoms with Crippen molar-refractivity contribution in [3.8, 4) is 17.5 Å². The normalized spacial score (nSPS) is 11.8. The van der Waals surface area contributed by atoms with Crippen LogP contribution in [0.2, 0.25) is 0 Å². The zero-order valence-corrected chi connectivity index (χ0v) is 21.0. The molecule has 0 saturated heterocycles. The number of nitrogens with two attached hydrogens (primary N) is 1. The third-order valence-electron chi connectivity index (χ3n) is 6.20. The van der Waals surface area contributed by atoms with E-state index in [4.69, 9.17) is 5.73 Å². The van der Waals surface area contributed by atoms with Crippen molar-refractivity contribution in [1.82, 2.24) is 43.6 Å². The number of anilines is 1. The number of nitrogen functional groups attached to an aromatic ring is 1. The van der Waals surface area contributed by atoms with Gasteiger partial charge in [-0.1, -0.05) is 24.1 Å². The predicted octanol–water partition coefficient (Wildman–Crippen LogP) is 1.73.